The van der Waals surface area contributed by atoms with Crippen molar-refractivity contribution >= 4 is 17.3 Å². The van der Waals surface area contributed by atoms with Crippen molar-refractivity contribution in [3.63, 3.8) is 0 Å². The fourth-order valence-electron chi connectivity index (χ4n) is 1.91. The van der Waals surface area contributed by atoms with Crippen molar-refractivity contribution in [2.45, 2.75) is 6.92 Å². The van der Waals surface area contributed by atoms with Crippen LogP contribution in [0.5, 0.6) is 0 Å². The molecular formula is C15H13F2NO2. The summed E-state index contributed by atoms with van der Waals surface area (Å²) >= 11 is 0. The molecule has 0 saturated carbocycles. The first-order chi connectivity index (χ1) is 9.40. The number of rotatable bonds is 3. The topological polar surface area (TPSA) is 40.5 Å². The molecule has 0 fully saturated rings. The fraction of sp³-hybridized carbons (Fsp3) is 0.133. The normalized spacial score (nSPS) is 10.4. The van der Waals surface area contributed by atoms with Crippen molar-refractivity contribution < 1.29 is 18.7 Å². The van der Waals surface area contributed by atoms with Gasteiger partial charge in [0.15, 0.2) is 11.6 Å². The van der Waals surface area contributed by atoms with Gasteiger partial charge in [-0.15, -0.1) is 0 Å². The first-order valence-corrected chi connectivity index (χ1v) is 5.93. The molecule has 1 N–H and O–H groups in total. The number of aryl methyl sites for hydroxylation is 1. The van der Waals surface area contributed by atoms with Crippen LogP contribution in [0.4, 0.5) is 20.2 Å². The number of carboxylic acid groups (broad SMARTS) is 1. The highest BCUT2D eigenvalue weighted by Gasteiger charge is 2.18. The molecule has 2 rings (SSSR count). The molecule has 0 atom stereocenters. The molecule has 104 valence electrons. The van der Waals surface area contributed by atoms with Crippen LogP contribution in [0.3, 0.4) is 0 Å². The molecule has 0 spiro atoms. The van der Waals surface area contributed by atoms with E-state index in [2.05, 4.69) is 0 Å². The second kappa shape index (κ2) is 5.28. The molecular weight excluding hydrogens is 264 g/mol. The fourth-order valence-corrected chi connectivity index (χ4v) is 1.91. The van der Waals surface area contributed by atoms with Crippen LogP contribution in [-0.4, -0.2) is 18.1 Å². The highest BCUT2D eigenvalue weighted by molar-refractivity contribution is 5.88. The lowest BCUT2D eigenvalue weighted by Gasteiger charge is -2.21. The van der Waals surface area contributed by atoms with Gasteiger partial charge in [0.05, 0.1) is 5.56 Å². The summed E-state index contributed by atoms with van der Waals surface area (Å²) in [4.78, 5) is 12.1. The Morgan fingerprint density at radius 3 is 2.05 bits per heavy atom. The summed E-state index contributed by atoms with van der Waals surface area (Å²) in [6, 6.07) is 8.75. The number of carboxylic acids is 1. The second-order valence-corrected chi connectivity index (χ2v) is 4.49. The van der Waals surface area contributed by atoms with E-state index in [4.69, 9.17) is 5.11 Å². The van der Waals surface area contributed by atoms with E-state index >= 15 is 0 Å². The number of carbonyl (C=O) groups is 1. The molecule has 0 saturated heterocycles. The largest absolute Gasteiger partial charge is 0.478 e. The predicted molar refractivity (Wildman–Crippen MR) is 72.6 cm³/mol. The molecule has 0 aliphatic heterocycles. The third-order valence-electron chi connectivity index (χ3n) is 3.02. The zero-order valence-corrected chi connectivity index (χ0v) is 11.0. The maximum atomic E-state index is 13.9. The van der Waals surface area contributed by atoms with E-state index in [0.29, 0.717) is 5.69 Å². The molecule has 0 aliphatic rings. The Hall–Kier alpha value is -2.43. The Kier molecular flexibility index (Phi) is 3.70. The third kappa shape index (κ3) is 2.61. The number of aromatic carboxylic acids is 1. The lowest BCUT2D eigenvalue weighted by atomic mass is 10.1. The number of hydrogen-bond acceptors (Lipinski definition) is 2. The van der Waals surface area contributed by atoms with Gasteiger partial charge >= 0.3 is 5.97 Å². The maximum absolute atomic E-state index is 13.9. The van der Waals surface area contributed by atoms with Crippen LogP contribution < -0.4 is 4.90 Å². The molecule has 0 radical (unpaired) electrons. The van der Waals surface area contributed by atoms with Gasteiger partial charge in [-0.3, -0.25) is 0 Å². The number of nitrogens with zero attached hydrogens (tertiary/aromatic N) is 1. The minimum Gasteiger partial charge on any atom is -0.478 e. The third-order valence-corrected chi connectivity index (χ3v) is 3.02. The van der Waals surface area contributed by atoms with Crippen LogP contribution in [0.15, 0.2) is 36.4 Å². The van der Waals surface area contributed by atoms with Crippen molar-refractivity contribution in [3.8, 4) is 0 Å². The van der Waals surface area contributed by atoms with E-state index in [-0.39, 0.29) is 5.69 Å². The average molecular weight is 277 g/mol. The summed E-state index contributed by atoms with van der Waals surface area (Å²) in [7, 11) is 1.52. The van der Waals surface area contributed by atoms with E-state index in [0.717, 1.165) is 17.7 Å². The van der Waals surface area contributed by atoms with Gasteiger partial charge in [-0.05, 0) is 31.2 Å². The SMILES string of the molecule is Cc1ccc(N(C)c2c(F)cc(C(=O)O)cc2F)cc1. The van der Waals surface area contributed by atoms with E-state index in [1.54, 1.807) is 12.1 Å². The quantitative estimate of drug-likeness (QED) is 0.929. The van der Waals surface area contributed by atoms with E-state index in [9.17, 15) is 13.6 Å². The Morgan fingerprint density at radius 2 is 1.60 bits per heavy atom. The first-order valence-electron chi connectivity index (χ1n) is 5.93. The van der Waals surface area contributed by atoms with Gasteiger partial charge in [-0.1, -0.05) is 17.7 Å². The molecule has 0 amide bonds. The molecule has 3 nitrogen and oxygen atoms in total. The van der Waals surface area contributed by atoms with Crippen molar-refractivity contribution in [1.82, 2.24) is 0 Å². The van der Waals surface area contributed by atoms with Crippen molar-refractivity contribution in [2.24, 2.45) is 0 Å². The first kappa shape index (κ1) is 14.0. The van der Waals surface area contributed by atoms with Gasteiger partial charge < -0.3 is 10.0 Å². The van der Waals surface area contributed by atoms with Crippen molar-refractivity contribution in [1.29, 1.82) is 0 Å². The summed E-state index contributed by atoms with van der Waals surface area (Å²) < 4.78 is 27.9. The highest BCUT2D eigenvalue weighted by atomic mass is 19.1. The van der Waals surface area contributed by atoms with E-state index in [1.807, 2.05) is 19.1 Å². The van der Waals surface area contributed by atoms with Gasteiger partial charge in [0.25, 0.3) is 0 Å². The van der Waals surface area contributed by atoms with E-state index in [1.165, 1.54) is 11.9 Å². The zero-order chi connectivity index (χ0) is 14.9. The van der Waals surface area contributed by atoms with Gasteiger partial charge in [-0.25, -0.2) is 13.6 Å². The standard InChI is InChI=1S/C15H13F2NO2/c1-9-3-5-11(6-4-9)18(2)14-12(16)7-10(15(19)20)8-13(14)17/h3-8H,1-2H3,(H,19,20). The molecule has 20 heavy (non-hydrogen) atoms. The molecule has 0 bridgehead atoms. The number of halogens is 2. The van der Waals surface area contributed by atoms with Crippen LogP contribution in [0, 0.1) is 18.6 Å². The average Bonchev–Trinajstić information content (AvgIpc) is 2.38. The van der Waals surface area contributed by atoms with Crippen LogP contribution in [0.25, 0.3) is 0 Å². The van der Waals surface area contributed by atoms with Crippen LogP contribution >= 0.6 is 0 Å². The van der Waals surface area contributed by atoms with Crippen LogP contribution in [-0.2, 0) is 0 Å². The molecule has 2 aromatic rings. The highest BCUT2D eigenvalue weighted by Crippen LogP contribution is 2.30. The minimum absolute atomic E-state index is 0.279. The molecule has 2 aromatic carbocycles. The molecule has 0 aromatic heterocycles. The Labute approximate surface area is 115 Å². The Morgan fingerprint density at radius 1 is 1.10 bits per heavy atom. The summed E-state index contributed by atoms with van der Waals surface area (Å²) in [5.41, 5.74) is 0.945. The lowest BCUT2D eigenvalue weighted by molar-refractivity contribution is 0.0696. The second-order valence-electron chi connectivity index (χ2n) is 4.49. The van der Waals surface area contributed by atoms with E-state index < -0.39 is 23.2 Å². The predicted octanol–water partition coefficient (Wildman–Crippen LogP) is 3.74. The Bertz CT molecular complexity index is 630. The molecule has 0 unspecified atom stereocenters. The van der Waals surface area contributed by atoms with Crippen LogP contribution in [0.1, 0.15) is 15.9 Å². The van der Waals surface area contributed by atoms with Gasteiger partial charge in [-0.2, -0.15) is 0 Å². The van der Waals surface area contributed by atoms with Gasteiger partial charge in [0.2, 0.25) is 0 Å². The number of hydrogen-bond donors (Lipinski definition) is 1. The van der Waals surface area contributed by atoms with Crippen molar-refractivity contribution in [3.05, 3.63) is 59.2 Å². The van der Waals surface area contributed by atoms with Crippen molar-refractivity contribution in [2.75, 3.05) is 11.9 Å². The smallest absolute Gasteiger partial charge is 0.335 e. The monoisotopic (exact) mass is 277 g/mol. The number of benzene rings is 2. The summed E-state index contributed by atoms with van der Waals surface area (Å²) in [6.07, 6.45) is 0. The zero-order valence-electron chi connectivity index (χ0n) is 11.0. The molecule has 0 heterocycles. The molecule has 0 aliphatic carbocycles. The summed E-state index contributed by atoms with van der Waals surface area (Å²) in [6.45, 7) is 1.91. The van der Waals surface area contributed by atoms with Crippen LogP contribution in [0.2, 0.25) is 0 Å². The minimum atomic E-state index is -1.37. The van der Waals surface area contributed by atoms with Gasteiger partial charge in [0, 0.05) is 12.7 Å². The number of anilines is 2. The molecule has 5 heteroatoms. The summed E-state index contributed by atoms with van der Waals surface area (Å²) in [5.74, 6) is -3.19. The maximum Gasteiger partial charge on any atom is 0.335 e. The summed E-state index contributed by atoms with van der Waals surface area (Å²) in [5, 5.41) is 8.76. The Balaban J connectivity index is 2.47. The van der Waals surface area contributed by atoms with Gasteiger partial charge in [0.1, 0.15) is 5.69 Å². The lowest BCUT2D eigenvalue weighted by Crippen LogP contribution is -2.14.